The maximum absolute atomic E-state index is 11.8. The molecular formula is C13H18O2. The molecule has 2 heteroatoms. The first-order valence-corrected chi connectivity index (χ1v) is 5.28. The second-order valence-corrected chi connectivity index (χ2v) is 3.93. The first kappa shape index (κ1) is 11.9. The summed E-state index contributed by atoms with van der Waals surface area (Å²) in [6, 6.07) is 3.87. The van der Waals surface area contributed by atoms with Gasteiger partial charge in [0, 0.05) is 18.6 Å². The molecule has 0 amide bonds. The second kappa shape index (κ2) is 5.08. The molecule has 0 unspecified atom stereocenters. The van der Waals surface area contributed by atoms with E-state index in [1.165, 1.54) is 11.1 Å². The van der Waals surface area contributed by atoms with Crippen molar-refractivity contribution in [3.8, 4) is 0 Å². The second-order valence-electron chi connectivity index (χ2n) is 3.93. The summed E-state index contributed by atoms with van der Waals surface area (Å²) in [5, 5.41) is 8.68. The Balaban J connectivity index is 2.95. The van der Waals surface area contributed by atoms with Crippen molar-refractivity contribution in [3.63, 3.8) is 0 Å². The van der Waals surface area contributed by atoms with E-state index in [0.29, 0.717) is 12.8 Å². The number of aliphatic hydroxyl groups is 1. The van der Waals surface area contributed by atoms with Crippen LogP contribution in [0.15, 0.2) is 12.1 Å². The number of carbonyl (C=O) groups is 1. The molecule has 0 aliphatic carbocycles. The normalized spacial score (nSPS) is 10.4. The lowest BCUT2D eigenvalue weighted by atomic mass is 9.95. The molecule has 2 nitrogen and oxygen atoms in total. The van der Waals surface area contributed by atoms with E-state index >= 15 is 0 Å². The molecule has 0 bridgehead atoms. The topological polar surface area (TPSA) is 37.3 Å². The summed E-state index contributed by atoms with van der Waals surface area (Å²) in [4.78, 5) is 11.8. The number of hydrogen-bond donors (Lipinski definition) is 1. The van der Waals surface area contributed by atoms with Gasteiger partial charge in [0.05, 0.1) is 0 Å². The van der Waals surface area contributed by atoms with Crippen LogP contribution in [0.2, 0.25) is 0 Å². The third-order valence-electron chi connectivity index (χ3n) is 2.92. The molecule has 1 aromatic rings. The Kier molecular flexibility index (Phi) is 4.04. The summed E-state index contributed by atoms with van der Waals surface area (Å²) < 4.78 is 0. The first-order chi connectivity index (χ1) is 7.07. The predicted octanol–water partition coefficient (Wildman–Crippen LogP) is 2.57. The van der Waals surface area contributed by atoms with Crippen molar-refractivity contribution in [2.75, 3.05) is 6.61 Å². The molecule has 0 radical (unpaired) electrons. The fourth-order valence-corrected chi connectivity index (χ4v) is 1.63. The van der Waals surface area contributed by atoms with E-state index in [4.69, 9.17) is 5.11 Å². The Morgan fingerprint density at radius 3 is 2.47 bits per heavy atom. The zero-order chi connectivity index (χ0) is 11.4. The molecule has 1 aromatic carbocycles. The molecule has 15 heavy (non-hydrogen) atoms. The van der Waals surface area contributed by atoms with Crippen LogP contribution in [-0.4, -0.2) is 17.5 Å². The van der Waals surface area contributed by atoms with Gasteiger partial charge in [-0.3, -0.25) is 4.79 Å². The van der Waals surface area contributed by atoms with Gasteiger partial charge >= 0.3 is 0 Å². The highest BCUT2D eigenvalue weighted by Gasteiger charge is 2.10. The van der Waals surface area contributed by atoms with Crippen LogP contribution in [0.1, 0.15) is 39.9 Å². The largest absolute Gasteiger partial charge is 0.396 e. The summed E-state index contributed by atoms with van der Waals surface area (Å²) in [5.74, 6) is 0.129. The minimum absolute atomic E-state index is 0.0790. The van der Waals surface area contributed by atoms with Crippen molar-refractivity contribution in [3.05, 3.63) is 34.4 Å². The van der Waals surface area contributed by atoms with E-state index < -0.39 is 0 Å². The number of ketones is 1. The van der Waals surface area contributed by atoms with E-state index in [9.17, 15) is 4.79 Å². The molecule has 0 aliphatic heterocycles. The Morgan fingerprint density at radius 1 is 1.20 bits per heavy atom. The molecule has 0 saturated heterocycles. The van der Waals surface area contributed by atoms with Crippen molar-refractivity contribution in [2.45, 2.75) is 33.6 Å². The molecule has 0 aliphatic rings. The third kappa shape index (κ3) is 2.66. The molecule has 0 atom stereocenters. The van der Waals surface area contributed by atoms with Crippen LogP contribution in [0.25, 0.3) is 0 Å². The van der Waals surface area contributed by atoms with Gasteiger partial charge in [0.2, 0.25) is 0 Å². The molecule has 0 aromatic heterocycles. The van der Waals surface area contributed by atoms with E-state index in [2.05, 4.69) is 0 Å². The third-order valence-corrected chi connectivity index (χ3v) is 2.92. The standard InChI is InChI=1S/C13H18O2/c1-9-6-7-12(11(3)10(9)2)13(15)5-4-8-14/h6-7,14H,4-5,8H2,1-3H3. The summed E-state index contributed by atoms with van der Waals surface area (Å²) in [6.45, 7) is 6.14. The quantitative estimate of drug-likeness (QED) is 0.769. The highest BCUT2D eigenvalue weighted by Crippen LogP contribution is 2.18. The Bertz CT molecular complexity index is 367. The molecule has 82 valence electrons. The van der Waals surface area contributed by atoms with Gasteiger partial charge in [0.25, 0.3) is 0 Å². The van der Waals surface area contributed by atoms with Crippen molar-refractivity contribution < 1.29 is 9.90 Å². The van der Waals surface area contributed by atoms with Crippen molar-refractivity contribution in [1.82, 2.24) is 0 Å². The van der Waals surface area contributed by atoms with Crippen LogP contribution in [0.5, 0.6) is 0 Å². The van der Waals surface area contributed by atoms with Crippen LogP contribution in [0, 0.1) is 20.8 Å². The Morgan fingerprint density at radius 2 is 1.87 bits per heavy atom. The monoisotopic (exact) mass is 206 g/mol. The summed E-state index contributed by atoms with van der Waals surface area (Å²) in [6.07, 6.45) is 0.977. The Labute approximate surface area is 90.9 Å². The molecule has 1 N–H and O–H groups in total. The molecule has 0 saturated carbocycles. The predicted molar refractivity (Wildman–Crippen MR) is 61.3 cm³/mol. The number of aryl methyl sites for hydroxylation is 1. The number of aliphatic hydroxyl groups excluding tert-OH is 1. The number of hydrogen-bond acceptors (Lipinski definition) is 2. The molecule has 0 fully saturated rings. The van der Waals surface area contributed by atoms with Crippen molar-refractivity contribution in [2.24, 2.45) is 0 Å². The fourth-order valence-electron chi connectivity index (χ4n) is 1.63. The van der Waals surface area contributed by atoms with Crippen LogP contribution in [0.4, 0.5) is 0 Å². The van der Waals surface area contributed by atoms with Gasteiger partial charge in [-0.25, -0.2) is 0 Å². The maximum Gasteiger partial charge on any atom is 0.163 e. The van der Waals surface area contributed by atoms with Crippen LogP contribution < -0.4 is 0 Å². The van der Waals surface area contributed by atoms with E-state index in [-0.39, 0.29) is 12.4 Å². The fraction of sp³-hybridized carbons (Fsp3) is 0.462. The summed E-state index contributed by atoms with van der Waals surface area (Å²) in [5.41, 5.74) is 4.26. The maximum atomic E-state index is 11.8. The van der Waals surface area contributed by atoms with Crippen LogP contribution >= 0.6 is 0 Å². The lowest BCUT2D eigenvalue weighted by Crippen LogP contribution is -2.04. The van der Waals surface area contributed by atoms with Crippen LogP contribution in [-0.2, 0) is 0 Å². The highest BCUT2D eigenvalue weighted by atomic mass is 16.3. The number of carbonyl (C=O) groups excluding carboxylic acids is 1. The smallest absolute Gasteiger partial charge is 0.163 e. The van der Waals surface area contributed by atoms with Gasteiger partial charge in [0.1, 0.15) is 0 Å². The zero-order valence-electron chi connectivity index (χ0n) is 9.63. The van der Waals surface area contributed by atoms with E-state index in [1.807, 2.05) is 32.9 Å². The van der Waals surface area contributed by atoms with Gasteiger partial charge in [-0.15, -0.1) is 0 Å². The average molecular weight is 206 g/mol. The SMILES string of the molecule is Cc1ccc(C(=O)CCCO)c(C)c1C. The van der Waals surface area contributed by atoms with Crippen LogP contribution in [0.3, 0.4) is 0 Å². The van der Waals surface area contributed by atoms with Gasteiger partial charge < -0.3 is 5.11 Å². The first-order valence-electron chi connectivity index (χ1n) is 5.28. The van der Waals surface area contributed by atoms with Gasteiger partial charge in [0.15, 0.2) is 5.78 Å². The molecule has 0 spiro atoms. The van der Waals surface area contributed by atoms with E-state index in [1.54, 1.807) is 0 Å². The molecule has 1 rings (SSSR count). The van der Waals surface area contributed by atoms with Crippen molar-refractivity contribution >= 4 is 5.78 Å². The van der Waals surface area contributed by atoms with Gasteiger partial charge in [-0.2, -0.15) is 0 Å². The molecule has 0 heterocycles. The molecular weight excluding hydrogens is 188 g/mol. The number of rotatable bonds is 4. The zero-order valence-corrected chi connectivity index (χ0v) is 9.63. The highest BCUT2D eigenvalue weighted by molar-refractivity contribution is 5.97. The van der Waals surface area contributed by atoms with E-state index in [0.717, 1.165) is 11.1 Å². The van der Waals surface area contributed by atoms with Crippen molar-refractivity contribution in [1.29, 1.82) is 0 Å². The minimum Gasteiger partial charge on any atom is -0.396 e. The Hall–Kier alpha value is -1.15. The summed E-state index contributed by atoms with van der Waals surface area (Å²) in [7, 11) is 0. The summed E-state index contributed by atoms with van der Waals surface area (Å²) >= 11 is 0. The average Bonchev–Trinajstić information content (AvgIpc) is 2.23. The number of Topliss-reactive ketones (excluding diaryl/α,β-unsaturated/α-hetero) is 1. The minimum atomic E-state index is 0.0790. The lowest BCUT2D eigenvalue weighted by molar-refractivity contribution is 0.0970. The lowest BCUT2D eigenvalue weighted by Gasteiger charge is -2.09. The van der Waals surface area contributed by atoms with Gasteiger partial charge in [-0.1, -0.05) is 12.1 Å². The van der Waals surface area contributed by atoms with Gasteiger partial charge in [-0.05, 0) is 43.9 Å². The number of benzene rings is 1.